The molecule has 3 heterocycles. The number of hydrogen-bond donors (Lipinski definition) is 3. The van der Waals surface area contributed by atoms with Crippen LogP contribution in [0.4, 0.5) is 0 Å². The molecule has 4 rings (SSSR count). The highest BCUT2D eigenvalue weighted by Crippen LogP contribution is 2.26. The number of ketones is 1. The Hall–Kier alpha value is -3.00. The predicted octanol–water partition coefficient (Wildman–Crippen LogP) is 1.07. The fourth-order valence-electron chi connectivity index (χ4n) is 3.55. The van der Waals surface area contributed by atoms with Crippen LogP contribution in [0.1, 0.15) is 30.3 Å². The zero-order chi connectivity index (χ0) is 18.8. The third-order valence-corrected chi connectivity index (χ3v) is 4.79. The SMILES string of the molecule is CC(=O)CC(=O)NCc1cn(C[C@@H]2Cc3c([nH]c4ccccc34)CN2)nn1. The van der Waals surface area contributed by atoms with E-state index in [4.69, 9.17) is 0 Å². The van der Waals surface area contributed by atoms with Crippen LogP contribution in [0.15, 0.2) is 30.5 Å². The molecule has 1 atom stereocenters. The van der Waals surface area contributed by atoms with Gasteiger partial charge in [0.2, 0.25) is 5.91 Å². The fourth-order valence-corrected chi connectivity index (χ4v) is 3.55. The predicted molar refractivity (Wildman–Crippen MR) is 99.8 cm³/mol. The molecule has 0 radical (unpaired) electrons. The molecule has 8 nitrogen and oxygen atoms in total. The van der Waals surface area contributed by atoms with Crippen molar-refractivity contribution >= 4 is 22.6 Å². The Morgan fingerprint density at radius 2 is 2.19 bits per heavy atom. The van der Waals surface area contributed by atoms with Gasteiger partial charge in [0, 0.05) is 29.2 Å². The number of carbonyl (C=O) groups is 2. The number of Topliss-reactive ketones (excluding diaryl/α,β-unsaturated/α-hetero) is 1. The van der Waals surface area contributed by atoms with Crippen LogP contribution < -0.4 is 10.6 Å². The molecule has 140 valence electrons. The van der Waals surface area contributed by atoms with Crippen LogP contribution in [0.5, 0.6) is 0 Å². The van der Waals surface area contributed by atoms with Gasteiger partial charge in [0.25, 0.3) is 0 Å². The van der Waals surface area contributed by atoms with Crippen molar-refractivity contribution in [3.63, 3.8) is 0 Å². The molecular weight excluding hydrogens is 344 g/mol. The molecular formula is C19H22N6O2. The van der Waals surface area contributed by atoms with E-state index >= 15 is 0 Å². The van der Waals surface area contributed by atoms with E-state index < -0.39 is 0 Å². The first-order valence-electron chi connectivity index (χ1n) is 9.05. The number of aromatic nitrogens is 4. The van der Waals surface area contributed by atoms with Crippen LogP contribution in [-0.2, 0) is 35.6 Å². The quantitative estimate of drug-likeness (QED) is 0.566. The molecule has 3 N–H and O–H groups in total. The average Bonchev–Trinajstić information content (AvgIpc) is 3.23. The molecule has 1 amide bonds. The molecule has 0 fully saturated rings. The summed E-state index contributed by atoms with van der Waals surface area (Å²) in [5.41, 5.74) is 4.47. The average molecular weight is 366 g/mol. The topological polar surface area (TPSA) is 105 Å². The Labute approximate surface area is 156 Å². The van der Waals surface area contributed by atoms with E-state index in [2.05, 4.69) is 44.1 Å². The standard InChI is InChI=1S/C19H22N6O2/c1-12(26)6-19(27)21-8-14-11-25(24-23-14)10-13-7-16-15-4-2-3-5-17(15)22-18(16)9-20-13/h2-5,11,13,20,22H,6-10H2,1H3,(H,21,27)/t13-/m0/s1. The zero-order valence-corrected chi connectivity index (χ0v) is 15.2. The maximum atomic E-state index is 11.5. The van der Waals surface area contributed by atoms with Gasteiger partial charge in [-0.1, -0.05) is 23.4 Å². The normalized spacial score (nSPS) is 16.3. The highest BCUT2D eigenvalue weighted by Gasteiger charge is 2.22. The third-order valence-electron chi connectivity index (χ3n) is 4.79. The molecule has 0 bridgehead atoms. The lowest BCUT2D eigenvalue weighted by Gasteiger charge is -2.24. The number of H-pyrrole nitrogens is 1. The Morgan fingerprint density at radius 3 is 3.04 bits per heavy atom. The van der Waals surface area contributed by atoms with E-state index in [0.29, 0.717) is 12.2 Å². The highest BCUT2D eigenvalue weighted by atomic mass is 16.2. The smallest absolute Gasteiger partial charge is 0.227 e. The number of benzene rings is 1. The van der Waals surface area contributed by atoms with Gasteiger partial charge < -0.3 is 15.6 Å². The number of carbonyl (C=O) groups excluding carboxylic acids is 2. The van der Waals surface area contributed by atoms with Gasteiger partial charge >= 0.3 is 0 Å². The number of fused-ring (bicyclic) bond motifs is 3. The molecule has 27 heavy (non-hydrogen) atoms. The first kappa shape index (κ1) is 17.4. The van der Waals surface area contributed by atoms with Crippen LogP contribution in [0.2, 0.25) is 0 Å². The second-order valence-electron chi connectivity index (χ2n) is 7.00. The first-order valence-corrected chi connectivity index (χ1v) is 9.05. The minimum atomic E-state index is -0.294. The van der Waals surface area contributed by atoms with Crippen molar-refractivity contribution in [3.8, 4) is 0 Å². The first-order chi connectivity index (χ1) is 13.1. The van der Waals surface area contributed by atoms with Gasteiger partial charge in [-0.15, -0.1) is 5.10 Å². The van der Waals surface area contributed by atoms with Crippen molar-refractivity contribution < 1.29 is 9.59 Å². The number of rotatable bonds is 6. The molecule has 1 aliphatic rings. The molecule has 0 unspecified atom stereocenters. The van der Waals surface area contributed by atoms with E-state index in [1.54, 1.807) is 4.68 Å². The fraction of sp³-hybridized carbons (Fsp3) is 0.368. The minimum Gasteiger partial charge on any atom is -0.357 e. The Kier molecular flexibility index (Phi) is 4.72. The van der Waals surface area contributed by atoms with Crippen molar-refractivity contribution in [2.45, 2.75) is 45.4 Å². The summed E-state index contributed by atoms with van der Waals surface area (Å²) in [5, 5.41) is 15.8. The summed E-state index contributed by atoms with van der Waals surface area (Å²) in [6.45, 7) is 3.17. The van der Waals surface area contributed by atoms with Crippen molar-refractivity contribution in [1.29, 1.82) is 0 Å². The largest absolute Gasteiger partial charge is 0.357 e. The molecule has 0 saturated carbocycles. The van der Waals surface area contributed by atoms with Gasteiger partial charge in [-0.25, -0.2) is 0 Å². The zero-order valence-electron chi connectivity index (χ0n) is 15.2. The van der Waals surface area contributed by atoms with Gasteiger partial charge in [-0.3, -0.25) is 14.3 Å². The van der Waals surface area contributed by atoms with Gasteiger partial charge in [0.1, 0.15) is 11.5 Å². The van der Waals surface area contributed by atoms with Gasteiger partial charge in [0.05, 0.1) is 25.7 Å². The highest BCUT2D eigenvalue weighted by molar-refractivity contribution is 5.96. The summed E-state index contributed by atoms with van der Waals surface area (Å²) in [7, 11) is 0. The number of para-hydroxylation sites is 1. The number of hydrogen-bond acceptors (Lipinski definition) is 5. The van der Waals surface area contributed by atoms with Crippen LogP contribution in [0, 0.1) is 0 Å². The van der Waals surface area contributed by atoms with Crippen LogP contribution in [0.25, 0.3) is 10.9 Å². The van der Waals surface area contributed by atoms with Gasteiger partial charge in [-0.05, 0) is 25.0 Å². The molecule has 1 aliphatic heterocycles. The molecule has 0 aliphatic carbocycles. The van der Waals surface area contributed by atoms with E-state index in [9.17, 15) is 9.59 Å². The molecule has 0 spiro atoms. The summed E-state index contributed by atoms with van der Waals surface area (Å²) >= 11 is 0. The second-order valence-corrected chi connectivity index (χ2v) is 7.00. The van der Waals surface area contributed by atoms with Gasteiger partial charge in [0.15, 0.2) is 0 Å². The van der Waals surface area contributed by atoms with Crippen LogP contribution in [-0.4, -0.2) is 37.7 Å². The Morgan fingerprint density at radius 1 is 1.33 bits per heavy atom. The maximum absolute atomic E-state index is 11.5. The van der Waals surface area contributed by atoms with Crippen molar-refractivity contribution in [3.05, 3.63) is 47.4 Å². The molecule has 1 aromatic carbocycles. The maximum Gasteiger partial charge on any atom is 0.227 e. The summed E-state index contributed by atoms with van der Waals surface area (Å²) in [4.78, 5) is 26.0. The van der Waals surface area contributed by atoms with E-state index in [1.165, 1.54) is 29.1 Å². The van der Waals surface area contributed by atoms with Gasteiger partial charge in [-0.2, -0.15) is 0 Å². The molecule has 8 heteroatoms. The molecule has 2 aromatic heterocycles. The minimum absolute atomic E-state index is 0.104. The summed E-state index contributed by atoms with van der Waals surface area (Å²) in [6, 6.07) is 8.63. The lowest BCUT2D eigenvalue weighted by Crippen LogP contribution is -2.38. The summed E-state index contributed by atoms with van der Waals surface area (Å²) < 4.78 is 1.80. The number of aromatic amines is 1. The van der Waals surface area contributed by atoms with Crippen LogP contribution in [0.3, 0.4) is 0 Å². The molecule has 3 aromatic rings. The van der Waals surface area contributed by atoms with Crippen LogP contribution >= 0.6 is 0 Å². The second kappa shape index (κ2) is 7.32. The Balaban J connectivity index is 1.37. The van der Waals surface area contributed by atoms with E-state index in [1.807, 2.05) is 12.3 Å². The number of nitrogens with one attached hydrogen (secondary N) is 3. The van der Waals surface area contributed by atoms with E-state index in [0.717, 1.165) is 13.0 Å². The van der Waals surface area contributed by atoms with Crippen molar-refractivity contribution in [1.82, 2.24) is 30.6 Å². The molecule has 0 saturated heterocycles. The van der Waals surface area contributed by atoms with Crippen molar-refractivity contribution in [2.24, 2.45) is 0 Å². The summed E-state index contributed by atoms with van der Waals surface area (Å²) in [6.07, 6.45) is 2.65. The lowest BCUT2D eigenvalue weighted by molar-refractivity contribution is -0.127. The number of nitrogens with zero attached hydrogens (tertiary/aromatic N) is 3. The monoisotopic (exact) mass is 366 g/mol. The van der Waals surface area contributed by atoms with E-state index in [-0.39, 0.29) is 30.7 Å². The van der Waals surface area contributed by atoms with Crippen molar-refractivity contribution in [2.75, 3.05) is 0 Å². The Bertz CT molecular complexity index is 989. The lowest BCUT2D eigenvalue weighted by atomic mass is 9.98. The number of amides is 1. The third kappa shape index (κ3) is 3.90. The summed E-state index contributed by atoms with van der Waals surface area (Å²) in [5.74, 6) is -0.450.